The Morgan fingerprint density at radius 2 is 0.682 bits per heavy atom. The van der Waals surface area contributed by atoms with E-state index < -0.39 is 74.2 Å². The van der Waals surface area contributed by atoms with Crippen LogP contribution < -0.4 is 5.32 Å². The zero-order valence-electron chi connectivity index (χ0n) is 56.1. The standard InChI is InChI=1S/C74H145NO10/c1-3-5-7-9-11-13-15-17-19-21-23-25-27-29-31-32-33-34-36-38-40-42-44-46-48-50-52-54-56-58-60-62-67(78)73(83)75-65(64-84-74-72(82)71(81)70(80)68(63-76)85-74)69(79)66(77)61-59-57-55-53-51-49-47-45-43-41-39-37-35-30-28-26-24-22-20-18-16-14-12-10-8-6-4-2/h29,31,65-72,74,76-82H,3-28,30,32-64H2,1-2H3,(H,75,83)/b31-29-. The summed E-state index contributed by atoms with van der Waals surface area (Å²) < 4.78 is 11.2. The smallest absolute Gasteiger partial charge is 0.249 e. The minimum Gasteiger partial charge on any atom is -0.394 e. The summed E-state index contributed by atoms with van der Waals surface area (Å²) in [5.74, 6) is -0.688. The lowest BCUT2D eigenvalue weighted by Crippen LogP contribution is -2.60. The number of rotatable bonds is 67. The third-order valence-corrected chi connectivity index (χ3v) is 18.6. The summed E-state index contributed by atoms with van der Waals surface area (Å²) >= 11 is 0. The second-order valence-electron chi connectivity index (χ2n) is 26.7. The number of hydrogen-bond donors (Lipinski definition) is 8. The highest BCUT2D eigenvalue weighted by Gasteiger charge is 2.44. The monoisotopic (exact) mass is 1210 g/mol. The van der Waals surface area contributed by atoms with Crippen LogP contribution in [-0.2, 0) is 14.3 Å². The molecule has 1 amide bonds. The molecular formula is C74H145NO10. The molecule has 0 spiro atoms. The number of carbonyl (C=O) groups excluding carboxylic acids is 1. The minimum atomic E-state index is -1.66. The second kappa shape index (κ2) is 63.0. The van der Waals surface area contributed by atoms with Crippen molar-refractivity contribution >= 4 is 5.91 Å². The highest BCUT2D eigenvalue weighted by atomic mass is 16.7. The van der Waals surface area contributed by atoms with Crippen LogP contribution in [-0.4, -0.2) is 110 Å². The summed E-state index contributed by atoms with van der Waals surface area (Å²) in [6.07, 6.45) is 67.3. The molecule has 0 bridgehead atoms. The van der Waals surface area contributed by atoms with Crippen LogP contribution in [0.4, 0.5) is 0 Å². The molecule has 9 unspecified atom stereocenters. The molecule has 1 rings (SSSR count). The van der Waals surface area contributed by atoms with E-state index in [1.165, 1.54) is 308 Å². The summed E-state index contributed by atoms with van der Waals surface area (Å²) in [5, 5.41) is 76.7. The van der Waals surface area contributed by atoms with E-state index in [-0.39, 0.29) is 6.42 Å². The maximum absolute atomic E-state index is 13.3. The third-order valence-electron chi connectivity index (χ3n) is 18.6. The highest BCUT2D eigenvalue weighted by Crippen LogP contribution is 2.24. The molecule has 0 aromatic rings. The Balaban J connectivity index is 2.16. The topological polar surface area (TPSA) is 189 Å². The molecule has 1 saturated heterocycles. The van der Waals surface area contributed by atoms with Gasteiger partial charge in [0, 0.05) is 0 Å². The van der Waals surface area contributed by atoms with Crippen LogP contribution in [0.15, 0.2) is 12.2 Å². The molecule has 85 heavy (non-hydrogen) atoms. The van der Waals surface area contributed by atoms with E-state index in [1.807, 2.05) is 0 Å². The minimum absolute atomic E-state index is 0.265. The molecular weight excluding hydrogens is 1060 g/mol. The van der Waals surface area contributed by atoms with Gasteiger partial charge in [0.2, 0.25) is 5.91 Å². The Morgan fingerprint density at radius 3 is 0.988 bits per heavy atom. The SMILES string of the molecule is CCCCCCCCCCCCCC/C=C\CCCCCCCCCCCCCCCCCC(O)C(=O)NC(COC1OC(CO)C(O)C(O)C1O)C(O)C(O)CCCCCCCCCCCCCCCCCCCCCCCCCCCCC. The van der Waals surface area contributed by atoms with Crippen molar-refractivity contribution < 1.29 is 50.0 Å². The van der Waals surface area contributed by atoms with Crippen LogP contribution in [0.3, 0.4) is 0 Å². The molecule has 1 aliphatic rings. The van der Waals surface area contributed by atoms with Gasteiger partial charge in [-0.1, -0.05) is 360 Å². The van der Waals surface area contributed by atoms with Crippen molar-refractivity contribution in [2.45, 2.75) is 441 Å². The lowest BCUT2D eigenvalue weighted by molar-refractivity contribution is -0.303. The fourth-order valence-corrected chi connectivity index (χ4v) is 12.6. The fourth-order valence-electron chi connectivity index (χ4n) is 12.6. The van der Waals surface area contributed by atoms with E-state index in [0.717, 1.165) is 38.5 Å². The van der Waals surface area contributed by atoms with Crippen molar-refractivity contribution in [2.75, 3.05) is 13.2 Å². The summed E-state index contributed by atoms with van der Waals surface area (Å²) in [6, 6.07) is -1.17. The average Bonchev–Trinajstić information content (AvgIpc) is 3.66. The molecule has 8 N–H and O–H groups in total. The van der Waals surface area contributed by atoms with E-state index in [4.69, 9.17) is 9.47 Å². The molecule has 0 saturated carbocycles. The normalized spacial score (nSPS) is 18.8. The van der Waals surface area contributed by atoms with E-state index >= 15 is 0 Å². The first-order chi connectivity index (χ1) is 41.7. The van der Waals surface area contributed by atoms with Crippen LogP contribution >= 0.6 is 0 Å². The van der Waals surface area contributed by atoms with Gasteiger partial charge in [0.15, 0.2) is 6.29 Å². The Labute approximate surface area is 525 Å². The second-order valence-corrected chi connectivity index (χ2v) is 26.7. The molecule has 11 heteroatoms. The van der Waals surface area contributed by atoms with E-state index in [9.17, 15) is 40.5 Å². The van der Waals surface area contributed by atoms with Crippen molar-refractivity contribution in [3.63, 3.8) is 0 Å². The number of aliphatic hydroxyl groups excluding tert-OH is 7. The fraction of sp³-hybridized carbons (Fsp3) is 0.959. The van der Waals surface area contributed by atoms with Gasteiger partial charge in [-0.25, -0.2) is 0 Å². The molecule has 1 heterocycles. The van der Waals surface area contributed by atoms with Gasteiger partial charge in [-0.2, -0.15) is 0 Å². The lowest BCUT2D eigenvalue weighted by atomic mass is 9.98. The first kappa shape index (κ1) is 81.9. The summed E-state index contributed by atoms with van der Waals surface area (Å²) in [7, 11) is 0. The maximum atomic E-state index is 13.3. The van der Waals surface area contributed by atoms with Gasteiger partial charge in [-0.3, -0.25) is 4.79 Å². The van der Waals surface area contributed by atoms with Crippen molar-refractivity contribution in [1.82, 2.24) is 5.32 Å². The largest absolute Gasteiger partial charge is 0.394 e. The molecule has 0 aromatic carbocycles. The van der Waals surface area contributed by atoms with Crippen LogP contribution in [0.1, 0.15) is 386 Å². The summed E-state index contributed by atoms with van der Waals surface area (Å²) in [4.78, 5) is 13.3. The van der Waals surface area contributed by atoms with Gasteiger partial charge in [0.25, 0.3) is 0 Å². The third kappa shape index (κ3) is 50.2. The van der Waals surface area contributed by atoms with Gasteiger partial charge in [0.05, 0.1) is 25.4 Å². The Kier molecular flexibility index (Phi) is 60.7. The number of carbonyl (C=O) groups is 1. The van der Waals surface area contributed by atoms with Crippen LogP contribution in [0.2, 0.25) is 0 Å². The zero-order valence-corrected chi connectivity index (χ0v) is 56.1. The predicted octanol–water partition coefficient (Wildman–Crippen LogP) is 18.6. The number of nitrogens with one attached hydrogen (secondary N) is 1. The van der Waals surface area contributed by atoms with Crippen molar-refractivity contribution in [1.29, 1.82) is 0 Å². The first-order valence-electron chi connectivity index (χ1n) is 37.6. The van der Waals surface area contributed by atoms with Crippen LogP contribution in [0, 0.1) is 0 Å². The Morgan fingerprint density at radius 1 is 0.400 bits per heavy atom. The number of unbranched alkanes of at least 4 members (excludes halogenated alkanes) is 53. The maximum Gasteiger partial charge on any atom is 0.249 e. The lowest BCUT2D eigenvalue weighted by Gasteiger charge is -2.40. The summed E-state index contributed by atoms with van der Waals surface area (Å²) in [5.41, 5.74) is 0. The molecule has 0 radical (unpaired) electrons. The van der Waals surface area contributed by atoms with Crippen molar-refractivity contribution in [3.05, 3.63) is 12.2 Å². The van der Waals surface area contributed by atoms with Crippen LogP contribution in [0.5, 0.6) is 0 Å². The van der Waals surface area contributed by atoms with Gasteiger partial charge in [-0.15, -0.1) is 0 Å². The Hall–Kier alpha value is -1.15. The van der Waals surface area contributed by atoms with Crippen molar-refractivity contribution in [2.24, 2.45) is 0 Å². The van der Waals surface area contributed by atoms with Gasteiger partial charge in [-0.05, 0) is 38.5 Å². The molecule has 9 atom stereocenters. The predicted molar refractivity (Wildman–Crippen MR) is 358 cm³/mol. The first-order valence-corrected chi connectivity index (χ1v) is 37.6. The summed E-state index contributed by atoms with van der Waals surface area (Å²) in [6.45, 7) is 3.53. The number of allylic oxidation sites excluding steroid dienone is 2. The zero-order chi connectivity index (χ0) is 61.7. The molecule has 1 aliphatic heterocycles. The van der Waals surface area contributed by atoms with Gasteiger partial charge in [0.1, 0.15) is 36.6 Å². The van der Waals surface area contributed by atoms with Crippen LogP contribution in [0.25, 0.3) is 0 Å². The molecule has 11 nitrogen and oxygen atoms in total. The Bertz CT molecular complexity index is 1390. The van der Waals surface area contributed by atoms with E-state index in [0.29, 0.717) is 19.3 Å². The molecule has 506 valence electrons. The molecule has 1 fully saturated rings. The highest BCUT2D eigenvalue weighted by molar-refractivity contribution is 5.80. The van der Waals surface area contributed by atoms with Crippen molar-refractivity contribution in [3.8, 4) is 0 Å². The van der Waals surface area contributed by atoms with Gasteiger partial charge < -0.3 is 50.5 Å². The number of amides is 1. The number of ether oxygens (including phenoxy) is 2. The molecule has 0 aromatic heterocycles. The van der Waals surface area contributed by atoms with E-state index in [1.54, 1.807) is 0 Å². The van der Waals surface area contributed by atoms with E-state index in [2.05, 4.69) is 31.3 Å². The van der Waals surface area contributed by atoms with Gasteiger partial charge >= 0.3 is 0 Å². The average molecular weight is 1210 g/mol. The molecule has 0 aliphatic carbocycles. The number of hydrogen-bond acceptors (Lipinski definition) is 10. The number of aliphatic hydroxyl groups is 7. The quantitative estimate of drug-likeness (QED) is 0.0215.